The van der Waals surface area contributed by atoms with E-state index in [0.29, 0.717) is 0 Å². The van der Waals surface area contributed by atoms with Crippen LogP contribution in [0.15, 0.2) is 54.7 Å². The molecule has 1 nitrogen and oxygen atoms in total. The lowest BCUT2D eigenvalue weighted by atomic mass is 10.1. The molecule has 0 aromatic heterocycles. The highest BCUT2D eigenvalue weighted by Gasteiger charge is 2.30. The Labute approximate surface area is 110 Å². The molecule has 2 rings (SSSR count). The van der Waals surface area contributed by atoms with Gasteiger partial charge < -0.3 is 4.80 Å². The summed E-state index contributed by atoms with van der Waals surface area (Å²) in [7, 11) is -2.52. The SMILES string of the molecule is C=C[Si](O)(CCCC)c1cccc2ccccc12. The molecule has 0 saturated carbocycles. The summed E-state index contributed by atoms with van der Waals surface area (Å²) >= 11 is 0. The normalized spacial score (nSPS) is 14.3. The van der Waals surface area contributed by atoms with Gasteiger partial charge in [0.15, 0.2) is 0 Å². The van der Waals surface area contributed by atoms with Gasteiger partial charge in [0, 0.05) is 0 Å². The zero-order valence-electron chi connectivity index (χ0n) is 10.9. The number of hydrogen-bond donors (Lipinski definition) is 1. The highest BCUT2D eigenvalue weighted by atomic mass is 28.4. The van der Waals surface area contributed by atoms with Crippen molar-refractivity contribution in [1.82, 2.24) is 0 Å². The van der Waals surface area contributed by atoms with E-state index in [0.717, 1.165) is 24.1 Å². The minimum atomic E-state index is -2.52. The Morgan fingerprint density at radius 2 is 1.89 bits per heavy atom. The largest absolute Gasteiger partial charge is 0.424 e. The highest BCUT2D eigenvalue weighted by molar-refractivity contribution is 6.91. The molecule has 18 heavy (non-hydrogen) atoms. The van der Waals surface area contributed by atoms with Crippen LogP contribution in [0.3, 0.4) is 0 Å². The van der Waals surface area contributed by atoms with E-state index in [4.69, 9.17) is 0 Å². The van der Waals surface area contributed by atoms with Crippen LogP contribution in [-0.2, 0) is 0 Å². The molecule has 2 heteroatoms. The predicted molar refractivity (Wildman–Crippen MR) is 81.5 cm³/mol. The number of fused-ring (bicyclic) bond motifs is 1. The van der Waals surface area contributed by atoms with E-state index in [2.05, 4.69) is 37.8 Å². The lowest BCUT2D eigenvalue weighted by Crippen LogP contribution is -2.46. The van der Waals surface area contributed by atoms with Gasteiger partial charge in [0.2, 0.25) is 8.32 Å². The monoisotopic (exact) mass is 256 g/mol. The molecule has 1 unspecified atom stereocenters. The number of unbranched alkanes of at least 4 members (excludes halogenated alkanes) is 1. The van der Waals surface area contributed by atoms with E-state index in [1.54, 1.807) is 0 Å². The molecule has 0 heterocycles. The third-order valence-electron chi connectivity index (χ3n) is 3.51. The van der Waals surface area contributed by atoms with Crippen molar-refractivity contribution in [3.05, 3.63) is 54.7 Å². The second-order valence-corrected chi connectivity index (χ2v) is 8.05. The lowest BCUT2D eigenvalue weighted by Gasteiger charge is -2.23. The van der Waals surface area contributed by atoms with Crippen molar-refractivity contribution in [2.45, 2.75) is 25.8 Å². The molecule has 2 aromatic carbocycles. The average molecular weight is 256 g/mol. The first-order valence-corrected chi connectivity index (χ1v) is 8.78. The maximum absolute atomic E-state index is 10.9. The zero-order valence-corrected chi connectivity index (χ0v) is 11.9. The van der Waals surface area contributed by atoms with Crippen LogP contribution in [0.5, 0.6) is 0 Å². The van der Waals surface area contributed by atoms with Crippen molar-refractivity contribution < 1.29 is 4.80 Å². The van der Waals surface area contributed by atoms with Gasteiger partial charge in [-0.2, -0.15) is 0 Å². The molecule has 0 aliphatic rings. The topological polar surface area (TPSA) is 20.2 Å². The van der Waals surface area contributed by atoms with E-state index < -0.39 is 8.32 Å². The van der Waals surface area contributed by atoms with E-state index in [1.165, 1.54) is 10.8 Å². The maximum Gasteiger partial charge on any atom is 0.245 e. The van der Waals surface area contributed by atoms with Crippen LogP contribution in [0.1, 0.15) is 19.8 Å². The molecule has 0 aliphatic heterocycles. The van der Waals surface area contributed by atoms with Crippen LogP contribution in [0.4, 0.5) is 0 Å². The fourth-order valence-electron chi connectivity index (χ4n) is 2.40. The van der Waals surface area contributed by atoms with Crippen molar-refractivity contribution in [3.8, 4) is 0 Å². The van der Waals surface area contributed by atoms with Gasteiger partial charge in [0.1, 0.15) is 0 Å². The Hall–Kier alpha value is -1.38. The first-order chi connectivity index (χ1) is 8.71. The van der Waals surface area contributed by atoms with Gasteiger partial charge in [-0.15, -0.1) is 6.58 Å². The maximum atomic E-state index is 10.9. The molecule has 0 amide bonds. The van der Waals surface area contributed by atoms with Crippen LogP contribution >= 0.6 is 0 Å². The van der Waals surface area contributed by atoms with Crippen LogP contribution in [0.25, 0.3) is 10.8 Å². The Balaban J connectivity index is 2.54. The average Bonchev–Trinajstić information content (AvgIpc) is 2.44. The van der Waals surface area contributed by atoms with Crippen LogP contribution in [0, 0.1) is 0 Å². The molecule has 0 spiro atoms. The Morgan fingerprint density at radius 1 is 1.17 bits per heavy atom. The molecule has 1 atom stereocenters. The third kappa shape index (κ3) is 2.40. The standard InChI is InChI=1S/C16H20OSi/c1-3-5-13-18(17,4-2)16-12-8-10-14-9-6-7-11-15(14)16/h4,6-12,17H,2-3,5,13H2,1H3. The number of hydrogen-bond acceptors (Lipinski definition) is 1. The summed E-state index contributed by atoms with van der Waals surface area (Å²) < 4.78 is 0. The molecule has 1 N–H and O–H groups in total. The summed E-state index contributed by atoms with van der Waals surface area (Å²) in [5.74, 6) is 0. The number of rotatable bonds is 5. The van der Waals surface area contributed by atoms with Crippen molar-refractivity contribution in [3.63, 3.8) is 0 Å². The van der Waals surface area contributed by atoms with Gasteiger partial charge in [-0.1, -0.05) is 67.9 Å². The minimum Gasteiger partial charge on any atom is -0.424 e. The van der Waals surface area contributed by atoms with Crippen molar-refractivity contribution in [2.24, 2.45) is 0 Å². The van der Waals surface area contributed by atoms with E-state index in [-0.39, 0.29) is 0 Å². The Bertz CT molecular complexity index is 544. The minimum absolute atomic E-state index is 0.862. The molecular formula is C16H20OSi. The first kappa shape index (κ1) is 13.1. The molecule has 0 saturated heterocycles. The third-order valence-corrected chi connectivity index (χ3v) is 6.67. The second kappa shape index (κ2) is 5.51. The molecule has 2 aromatic rings. The molecular weight excluding hydrogens is 236 g/mol. The molecule has 94 valence electrons. The van der Waals surface area contributed by atoms with Crippen LogP contribution < -0.4 is 5.19 Å². The Morgan fingerprint density at radius 3 is 2.61 bits per heavy atom. The fourth-order valence-corrected chi connectivity index (χ4v) is 5.06. The summed E-state index contributed by atoms with van der Waals surface area (Å²) in [6.45, 7) is 6.03. The van der Waals surface area contributed by atoms with Gasteiger partial charge in [-0.25, -0.2) is 0 Å². The summed E-state index contributed by atoms with van der Waals surface area (Å²) in [6.07, 6.45) is 2.16. The van der Waals surface area contributed by atoms with Crippen molar-refractivity contribution >= 4 is 24.3 Å². The predicted octanol–water partition coefficient (Wildman–Crippen LogP) is 3.51. The van der Waals surface area contributed by atoms with Gasteiger partial charge >= 0.3 is 0 Å². The van der Waals surface area contributed by atoms with Crippen molar-refractivity contribution in [2.75, 3.05) is 0 Å². The van der Waals surface area contributed by atoms with Gasteiger partial charge in [-0.3, -0.25) is 0 Å². The summed E-state index contributed by atoms with van der Waals surface area (Å²) in [4.78, 5) is 10.9. The van der Waals surface area contributed by atoms with Crippen LogP contribution in [0.2, 0.25) is 6.04 Å². The second-order valence-electron chi connectivity index (χ2n) is 4.76. The van der Waals surface area contributed by atoms with Crippen LogP contribution in [-0.4, -0.2) is 13.1 Å². The van der Waals surface area contributed by atoms with E-state index in [9.17, 15) is 4.80 Å². The van der Waals surface area contributed by atoms with E-state index >= 15 is 0 Å². The summed E-state index contributed by atoms with van der Waals surface area (Å²) in [5.41, 5.74) is 1.81. The Kier molecular flexibility index (Phi) is 3.99. The lowest BCUT2D eigenvalue weighted by molar-refractivity contribution is 0.558. The highest BCUT2D eigenvalue weighted by Crippen LogP contribution is 2.19. The first-order valence-electron chi connectivity index (χ1n) is 6.55. The fraction of sp³-hybridized carbons (Fsp3) is 0.250. The molecule has 0 radical (unpaired) electrons. The molecule has 0 fully saturated rings. The number of benzene rings is 2. The smallest absolute Gasteiger partial charge is 0.245 e. The van der Waals surface area contributed by atoms with Gasteiger partial charge in [0.25, 0.3) is 0 Å². The quantitative estimate of drug-likeness (QED) is 0.812. The zero-order chi connectivity index (χ0) is 13.0. The van der Waals surface area contributed by atoms with E-state index in [1.807, 2.05) is 23.9 Å². The molecule has 0 bridgehead atoms. The summed E-state index contributed by atoms with van der Waals surface area (Å²) in [5, 5.41) is 3.47. The molecule has 0 aliphatic carbocycles. The van der Waals surface area contributed by atoms with Crippen molar-refractivity contribution in [1.29, 1.82) is 0 Å². The van der Waals surface area contributed by atoms with Gasteiger partial charge in [0.05, 0.1) is 0 Å². The van der Waals surface area contributed by atoms with Gasteiger partial charge in [-0.05, 0) is 22.0 Å². The summed E-state index contributed by atoms with van der Waals surface area (Å²) in [6, 6.07) is 15.3.